The highest BCUT2D eigenvalue weighted by molar-refractivity contribution is 5.10. The molecule has 0 radical (unpaired) electrons. The first-order valence-electron chi connectivity index (χ1n) is 6.88. The van der Waals surface area contributed by atoms with Gasteiger partial charge in [0.05, 0.1) is 5.69 Å². The van der Waals surface area contributed by atoms with E-state index in [1.807, 2.05) is 0 Å². The van der Waals surface area contributed by atoms with E-state index in [2.05, 4.69) is 48.7 Å². The first kappa shape index (κ1) is 12.5. The van der Waals surface area contributed by atoms with Gasteiger partial charge in [-0.05, 0) is 19.8 Å². The molecule has 1 aliphatic rings. The van der Waals surface area contributed by atoms with Gasteiger partial charge in [0.2, 0.25) is 0 Å². The lowest BCUT2D eigenvalue weighted by molar-refractivity contribution is 0.374. The number of aromatic nitrogens is 2. The summed E-state index contributed by atoms with van der Waals surface area (Å²) < 4.78 is 2.27. The molecular formula is C14H25N3. The summed E-state index contributed by atoms with van der Waals surface area (Å²) in [4.78, 5) is 4.65. The van der Waals surface area contributed by atoms with Crippen LogP contribution in [0, 0.1) is 6.92 Å². The Kier molecular flexibility index (Phi) is 3.75. The third kappa shape index (κ3) is 2.64. The smallest absolute Gasteiger partial charge is 0.130 e. The van der Waals surface area contributed by atoms with Crippen molar-refractivity contribution >= 4 is 0 Å². The minimum Gasteiger partial charge on any atom is -0.312 e. The van der Waals surface area contributed by atoms with Crippen LogP contribution in [0.25, 0.3) is 0 Å². The Hall–Kier alpha value is -0.990. The van der Waals surface area contributed by atoms with Crippen molar-refractivity contribution in [2.75, 3.05) is 12.1 Å². The molecule has 0 unspecified atom stereocenters. The van der Waals surface area contributed by atoms with E-state index in [9.17, 15) is 0 Å². The lowest BCUT2D eigenvalue weighted by atomic mass is 9.95. The minimum absolute atomic E-state index is 0.481. The molecule has 96 valence electrons. The Morgan fingerprint density at radius 3 is 2.53 bits per heavy atom. The third-order valence-electron chi connectivity index (χ3n) is 3.79. The zero-order valence-electron chi connectivity index (χ0n) is 11.6. The molecule has 0 N–H and O–H groups in total. The molecule has 0 amide bonds. The molecule has 0 aromatic carbocycles. The van der Waals surface area contributed by atoms with E-state index in [0.717, 1.165) is 5.69 Å². The highest BCUT2D eigenvalue weighted by atomic mass is 15.6. The molecule has 17 heavy (non-hydrogen) atoms. The van der Waals surface area contributed by atoms with Crippen LogP contribution in [0.15, 0.2) is 6.20 Å². The van der Waals surface area contributed by atoms with Crippen molar-refractivity contribution in [1.29, 1.82) is 0 Å². The molecule has 3 nitrogen and oxygen atoms in total. The van der Waals surface area contributed by atoms with Crippen molar-refractivity contribution in [2.24, 2.45) is 0 Å². The third-order valence-corrected chi connectivity index (χ3v) is 3.79. The summed E-state index contributed by atoms with van der Waals surface area (Å²) >= 11 is 0. The Morgan fingerprint density at radius 2 is 1.94 bits per heavy atom. The fraction of sp³-hybridized carbons (Fsp3) is 0.786. The molecule has 0 aliphatic heterocycles. The molecular weight excluding hydrogens is 210 g/mol. The van der Waals surface area contributed by atoms with Gasteiger partial charge in [-0.15, -0.1) is 0 Å². The minimum atomic E-state index is 0.481. The Bertz CT molecular complexity index is 362. The maximum atomic E-state index is 4.65. The Morgan fingerprint density at radius 1 is 1.29 bits per heavy atom. The van der Waals surface area contributed by atoms with Crippen LogP contribution in [0.1, 0.15) is 63.4 Å². The summed E-state index contributed by atoms with van der Waals surface area (Å²) in [6, 6.07) is 0.690. The van der Waals surface area contributed by atoms with Gasteiger partial charge in [-0.3, -0.25) is 0 Å². The summed E-state index contributed by atoms with van der Waals surface area (Å²) in [5, 5.41) is 2.40. The lowest BCUT2D eigenvalue weighted by Crippen LogP contribution is -2.42. The quantitative estimate of drug-likeness (QED) is 0.802. The normalized spacial score (nSPS) is 17.7. The second-order valence-electron chi connectivity index (χ2n) is 5.61. The summed E-state index contributed by atoms with van der Waals surface area (Å²) in [5.74, 6) is 1.67. The zero-order valence-corrected chi connectivity index (χ0v) is 11.6. The number of hydrogen-bond donors (Lipinski definition) is 0. The maximum Gasteiger partial charge on any atom is 0.130 e. The first-order chi connectivity index (χ1) is 8.09. The van der Waals surface area contributed by atoms with Gasteiger partial charge in [0.15, 0.2) is 0 Å². The molecule has 1 heterocycles. The van der Waals surface area contributed by atoms with Gasteiger partial charge in [-0.2, -0.15) is 0 Å². The molecule has 2 rings (SSSR count). The maximum absolute atomic E-state index is 4.65. The molecule has 1 fully saturated rings. The summed E-state index contributed by atoms with van der Waals surface area (Å²) in [5.41, 5.74) is 1.12. The van der Waals surface area contributed by atoms with Crippen LogP contribution in [0.3, 0.4) is 0 Å². The highest BCUT2D eigenvalue weighted by Crippen LogP contribution is 2.23. The number of hydrogen-bond acceptors (Lipinski definition) is 2. The second-order valence-corrected chi connectivity index (χ2v) is 5.61. The van der Waals surface area contributed by atoms with Gasteiger partial charge < -0.3 is 5.01 Å². The lowest BCUT2D eigenvalue weighted by Gasteiger charge is -2.34. The van der Waals surface area contributed by atoms with Crippen LogP contribution in [0.4, 0.5) is 0 Å². The van der Waals surface area contributed by atoms with Gasteiger partial charge in [0.1, 0.15) is 5.82 Å². The summed E-state index contributed by atoms with van der Waals surface area (Å²) in [6.07, 6.45) is 8.98. The van der Waals surface area contributed by atoms with Crippen molar-refractivity contribution in [3.8, 4) is 0 Å². The van der Waals surface area contributed by atoms with Gasteiger partial charge in [-0.1, -0.05) is 33.1 Å². The van der Waals surface area contributed by atoms with E-state index in [1.165, 1.54) is 37.9 Å². The van der Waals surface area contributed by atoms with Crippen molar-refractivity contribution in [3.05, 3.63) is 17.7 Å². The Balaban J connectivity index is 2.19. The summed E-state index contributed by atoms with van der Waals surface area (Å²) in [6.45, 7) is 6.51. The predicted molar refractivity (Wildman–Crippen MR) is 72.1 cm³/mol. The van der Waals surface area contributed by atoms with Crippen LogP contribution in [-0.4, -0.2) is 22.7 Å². The van der Waals surface area contributed by atoms with Crippen molar-refractivity contribution in [2.45, 2.75) is 64.8 Å². The molecule has 1 aromatic heterocycles. The average Bonchev–Trinajstić information content (AvgIpc) is 2.72. The number of nitrogens with zero attached hydrogens (tertiary/aromatic N) is 3. The van der Waals surface area contributed by atoms with Gasteiger partial charge in [-0.25, -0.2) is 9.66 Å². The molecule has 0 saturated heterocycles. The predicted octanol–water partition coefficient (Wildman–Crippen LogP) is 3.22. The largest absolute Gasteiger partial charge is 0.312 e. The van der Waals surface area contributed by atoms with E-state index < -0.39 is 0 Å². The standard InChI is InChI=1S/C14H25N3/c1-11(2)14-15-12(3)10-17(14)16(4)13-8-6-5-7-9-13/h10-11,13H,5-9H2,1-4H3. The molecule has 1 aliphatic carbocycles. The summed E-state index contributed by atoms with van der Waals surface area (Å²) in [7, 11) is 2.21. The van der Waals surface area contributed by atoms with Crippen LogP contribution in [-0.2, 0) is 0 Å². The van der Waals surface area contributed by atoms with E-state index in [4.69, 9.17) is 0 Å². The van der Waals surface area contributed by atoms with Crippen LogP contribution < -0.4 is 5.01 Å². The molecule has 0 spiro atoms. The van der Waals surface area contributed by atoms with E-state index in [1.54, 1.807) is 0 Å². The van der Waals surface area contributed by atoms with E-state index in [0.29, 0.717) is 12.0 Å². The van der Waals surface area contributed by atoms with Gasteiger partial charge >= 0.3 is 0 Å². The molecule has 0 atom stereocenters. The fourth-order valence-corrected chi connectivity index (χ4v) is 2.78. The van der Waals surface area contributed by atoms with Crippen LogP contribution in [0.2, 0.25) is 0 Å². The molecule has 0 bridgehead atoms. The van der Waals surface area contributed by atoms with Crippen molar-refractivity contribution in [1.82, 2.24) is 9.66 Å². The van der Waals surface area contributed by atoms with Crippen LogP contribution in [0.5, 0.6) is 0 Å². The number of aryl methyl sites for hydroxylation is 1. The topological polar surface area (TPSA) is 21.1 Å². The van der Waals surface area contributed by atoms with Gasteiger partial charge in [0.25, 0.3) is 0 Å². The van der Waals surface area contributed by atoms with Crippen molar-refractivity contribution in [3.63, 3.8) is 0 Å². The number of rotatable bonds is 3. The first-order valence-corrected chi connectivity index (χ1v) is 6.88. The molecule has 1 aromatic rings. The van der Waals surface area contributed by atoms with E-state index in [-0.39, 0.29) is 0 Å². The second kappa shape index (κ2) is 5.11. The van der Waals surface area contributed by atoms with E-state index >= 15 is 0 Å². The Labute approximate surface area is 105 Å². The zero-order chi connectivity index (χ0) is 12.4. The average molecular weight is 235 g/mol. The van der Waals surface area contributed by atoms with Gasteiger partial charge in [0, 0.05) is 25.2 Å². The van der Waals surface area contributed by atoms with Crippen molar-refractivity contribution < 1.29 is 0 Å². The molecule has 3 heteroatoms. The molecule has 1 saturated carbocycles. The fourth-order valence-electron chi connectivity index (χ4n) is 2.78. The SMILES string of the molecule is Cc1cn(N(C)C2CCCCC2)c(C(C)C)n1. The monoisotopic (exact) mass is 235 g/mol. The van der Waals surface area contributed by atoms with Crippen LogP contribution >= 0.6 is 0 Å². The number of imidazole rings is 1. The highest BCUT2D eigenvalue weighted by Gasteiger charge is 2.21.